The summed E-state index contributed by atoms with van der Waals surface area (Å²) in [4.78, 5) is 37.7. The summed E-state index contributed by atoms with van der Waals surface area (Å²) in [6, 6.07) is 11.9. The van der Waals surface area contributed by atoms with Crippen LogP contribution in [0.25, 0.3) is 10.9 Å². The number of hydrogen-bond donors (Lipinski definition) is 3. The first-order chi connectivity index (χ1) is 14.7. The first-order valence-electron chi connectivity index (χ1n) is 9.70. The van der Waals surface area contributed by atoms with Crippen molar-refractivity contribution in [2.75, 3.05) is 10.7 Å². The molecule has 0 aliphatic carbocycles. The SMILES string of the molecule is CC[C@@H](C)NC(=O)C(=O)Nn1c(C(=O)Nc2ccc(Br)c(C)c2)cc2cc(Cl)ccc21. The highest BCUT2D eigenvalue weighted by Gasteiger charge is 2.21. The van der Waals surface area contributed by atoms with Gasteiger partial charge in [0.15, 0.2) is 0 Å². The molecule has 0 saturated carbocycles. The lowest BCUT2D eigenvalue weighted by atomic mass is 10.2. The van der Waals surface area contributed by atoms with Crippen molar-refractivity contribution in [3.8, 4) is 0 Å². The lowest BCUT2D eigenvalue weighted by Gasteiger charge is -2.14. The van der Waals surface area contributed by atoms with Gasteiger partial charge in [0.25, 0.3) is 5.91 Å². The highest BCUT2D eigenvalue weighted by molar-refractivity contribution is 9.10. The number of hydrogen-bond acceptors (Lipinski definition) is 3. The molecular formula is C22H22BrClN4O3. The maximum Gasteiger partial charge on any atom is 0.328 e. The van der Waals surface area contributed by atoms with Crippen molar-refractivity contribution in [1.82, 2.24) is 9.99 Å². The number of carbonyl (C=O) groups is 3. The van der Waals surface area contributed by atoms with Crippen LogP contribution in [0.15, 0.2) is 46.9 Å². The highest BCUT2D eigenvalue weighted by atomic mass is 79.9. The molecule has 0 unspecified atom stereocenters. The molecule has 2 aromatic carbocycles. The number of aromatic nitrogens is 1. The van der Waals surface area contributed by atoms with Gasteiger partial charge >= 0.3 is 11.8 Å². The van der Waals surface area contributed by atoms with Crippen molar-refractivity contribution in [3.63, 3.8) is 0 Å². The van der Waals surface area contributed by atoms with Crippen LogP contribution in [0.4, 0.5) is 5.69 Å². The fraction of sp³-hybridized carbons (Fsp3) is 0.227. The molecule has 0 spiro atoms. The van der Waals surface area contributed by atoms with Gasteiger partial charge in [-0.15, -0.1) is 0 Å². The number of amides is 3. The van der Waals surface area contributed by atoms with E-state index >= 15 is 0 Å². The molecule has 31 heavy (non-hydrogen) atoms. The lowest BCUT2D eigenvalue weighted by molar-refractivity contribution is -0.137. The van der Waals surface area contributed by atoms with E-state index in [0.29, 0.717) is 28.0 Å². The Morgan fingerprint density at radius 2 is 1.84 bits per heavy atom. The Morgan fingerprint density at radius 3 is 2.52 bits per heavy atom. The first-order valence-corrected chi connectivity index (χ1v) is 10.9. The van der Waals surface area contributed by atoms with Crippen molar-refractivity contribution in [1.29, 1.82) is 0 Å². The fourth-order valence-corrected chi connectivity index (χ4v) is 3.36. The number of benzene rings is 2. The number of rotatable bonds is 5. The predicted octanol–water partition coefficient (Wildman–Crippen LogP) is 4.60. The minimum Gasteiger partial charge on any atom is -0.345 e. The minimum atomic E-state index is -0.874. The lowest BCUT2D eigenvalue weighted by Crippen LogP contribution is -2.43. The predicted molar refractivity (Wildman–Crippen MR) is 126 cm³/mol. The molecule has 0 aliphatic heterocycles. The topological polar surface area (TPSA) is 92.2 Å². The second-order valence-corrected chi connectivity index (χ2v) is 8.50. The van der Waals surface area contributed by atoms with Gasteiger partial charge in [0.2, 0.25) is 0 Å². The second-order valence-electron chi connectivity index (χ2n) is 7.21. The highest BCUT2D eigenvalue weighted by Crippen LogP contribution is 2.25. The van der Waals surface area contributed by atoms with Crippen molar-refractivity contribution >= 4 is 61.8 Å². The molecule has 3 aromatic rings. The van der Waals surface area contributed by atoms with Gasteiger partial charge in [0.1, 0.15) is 5.69 Å². The summed E-state index contributed by atoms with van der Waals surface area (Å²) < 4.78 is 2.22. The van der Waals surface area contributed by atoms with E-state index in [0.717, 1.165) is 10.0 Å². The number of anilines is 1. The Kier molecular flexibility index (Phi) is 7.02. The van der Waals surface area contributed by atoms with E-state index in [2.05, 4.69) is 32.0 Å². The molecule has 3 amide bonds. The summed E-state index contributed by atoms with van der Waals surface area (Å²) in [5, 5.41) is 6.56. The molecule has 1 atom stereocenters. The van der Waals surface area contributed by atoms with Crippen LogP contribution in [0.1, 0.15) is 36.3 Å². The summed E-state index contributed by atoms with van der Waals surface area (Å²) in [5.41, 5.74) is 4.77. The Labute approximate surface area is 193 Å². The van der Waals surface area contributed by atoms with Gasteiger partial charge in [0, 0.05) is 26.6 Å². The van der Waals surface area contributed by atoms with Crippen molar-refractivity contribution in [2.45, 2.75) is 33.2 Å². The van der Waals surface area contributed by atoms with E-state index in [4.69, 9.17) is 11.6 Å². The number of nitrogens with one attached hydrogen (secondary N) is 3. The molecule has 0 bridgehead atoms. The standard InChI is InChI=1S/C22H22BrClN4O3/c1-4-13(3)25-21(30)22(31)27-28-18-8-5-15(24)10-14(18)11-19(28)20(29)26-16-6-7-17(23)12(2)9-16/h5-11,13H,4H2,1-3H3,(H,25,30)(H,26,29)(H,27,31)/t13-/m1/s1. The van der Waals surface area contributed by atoms with Crippen molar-refractivity contribution in [2.24, 2.45) is 0 Å². The van der Waals surface area contributed by atoms with Gasteiger partial charge in [-0.25, -0.2) is 4.68 Å². The van der Waals surface area contributed by atoms with Crippen LogP contribution in [0.2, 0.25) is 5.02 Å². The largest absolute Gasteiger partial charge is 0.345 e. The van der Waals surface area contributed by atoms with Crippen LogP contribution in [-0.2, 0) is 9.59 Å². The number of aryl methyl sites for hydroxylation is 1. The third kappa shape index (κ3) is 5.26. The average Bonchev–Trinajstić information content (AvgIpc) is 3.07. The maximum atomic E-state index is 13.0. The number of halogens is 2. The quantitative estimate of drug-likeness (QED) is 0.442. The third-order valence-electron chi connectivity index (χ3n) is 4.82. The van der Waals surface area contributed by atoms with Crippen molar-refractivity contribution in [3.05, 3.63) is 63.2 Å². The average molecular weight is 506 g/mol. The zero-order chi connectivity index (χ0) is 22.7. The van der Waals surface area contributed by atoms with Crippen LogP contribution >= 0.6 is 27.5 Å². The maximum absolute atomic E-state index is 13.0. The van der Waals surface area contributed by atoms with Crippen LogP contribution in [0.5, 0.6) is 0 Å². The molecule has 162 valence electrons. The Hall–Kier alpha value is -2.84. The van der Waals surface area contributed by atoms with Gasteiger partial charge in [-0.05, 0) is 68.3 Å². The minimum absolute atomic E-state index is 0.151. The summed E-state index contributed by atoms with van der Waals surface area (Å²) in [6.07, 6.45) is 0.685. The molecule has 7 nitrogen and oxygen atoms in total. The molecule has 0 aliphatic rings. The van der Waals surface area contributed by atoms with Gasteiger partial charge in [0.05, 0.1) is 5.52 Å². The molecule has 3 N–H and O–H groups in total. The van der Waals surface area contributed by atoms with E-state index in [1.54, 1.807) is 37.3 Å². The Balaban J connectivity index is 1.94. The summed E-state index contributed by atoms with van der Waals surface area (Å²) >= 11 is 9.52. The molecule has 9 heteroatoms. The molecular weight excluding hydrogens is 484 g/mol. The molecule has 0 fully saturated rings. The first kappa shape index (κ1) is 22.8. The van der Waals surface area contributed by atoms with Gasteiger partial charge in [-0.3, -0.25) is 19.8 Å². The molecule has 3 rings (SSSR count). The molecule has 1 aromatic heterocycles. The van der Waals surface area contributed by atoms with Gasteiger partial charge in [-0.2, -0.15) is 0 Å². The Bertz CT molecular complexity index is 1180. The van der Waals surface area contributed by atoms with E-state index in [-0.39, 0.29) is 11.7 Å². The van der Waals surface area contributed by atoms with Crippen LogP contribution in [0.3, 0.4) is 0 Å². The van der Waals surface area contributed by atoms with Crippen LogP contribution < -0.4 is 16.1 Å². The summed E-state index contributed by atoms with van der Waals surface area (Å²) in [7, 11) is 0. The van der Waals surface area contributed by atoms with E-state index in [1.165, 1.54) is 4.68 Å². The van der Waals surface area contributed by atoms with Crippen LogP contribution in [-0.4, -0.2) is 28.4 Å². The molecule has 1 heterocycles. The van der Waals surface area contributed by atoms with Crippen LogP contribution in [0, 0.1) is 6.92 Å². The number of carbonyl (C=O) groups excluding carboxylic acids is 3. The number of fused-ring (bicyclic) bond motifs is 1. The number of nitrogens with zero attached hydrogens (tertiary/aromatic N) is 1. The van der Waals surface area contributed by atoms with E-state index in [1.807, 2.05) is 26.0 Å². The molecule has 0 saturated heterocycles. The fourth-order valence-electron chi connectivity index (χ4n) is 2.94. The third-order valence-corrected chi connectivity index (χ3v) is 5.95. The monoisotopic (exact) mass is 504 g/mol. The smallest absolute Gasteiger partial charge is 0.328 e. The van der Waals surface area contributed by atoms with Gasteiger partial charge in [-0.1, -0.05) is 34.5 Å². The normalized spacial score (nSPS) is 11.8. The van der Waals surface area contributed by atoms with Gasteiger partial charge < -0.3 is 10.6 Å². The summed E-state index contributed by atoms with van der Waals surface area (Å²) in [5.74, 6) is -2.10. The van der Waals surface area contributed by atoms with Crippen molar-refractivity contribution < 1.29 is 14.4 Å². The molecule has 0 radical (unpaired) electrons. The Morgan fingerprint density at radius 1 is 1.10 bits per heavy atom. The van der Waals surface area contributed by atoms with E-state index in [9.17, 15) is 14.4 Å². The second kappa shape index (κ2) is 9.53. The van der Waals surface area contributed by atoms with E-state index < -0.39 is 17.7 Å². The zero-order valence-corrected chi connectivity index (χ0v) is 19.6. The zero-order valence-electron chi connectivity index (χ0n) is 17.3. The summed E-state index contributed by atoms with van der Waals surface area (Å²) in [6.45, 7) is 5.62.